The van der Waals surface area contributed by atoms with Gasteiger partial charge in [0, 0.05) is 35.9 Å². The number of amides is 1. The van der Waals surface area contributed by atoms with E-state index in [2.05, 4.69) is 15.3 Å². The van der Waals surface area contributed by atoms with E-state index in [9.17, 15) is 14.0 Å². The lowest BCUT2D eigenvalue weighted by Gasteiger charge is -2.22. The molecule has 2 aliphatic heterocycles. The lowest BCUT2D eigenvalue weighted by molar-refractivity contribution is -0.114. The monoisotopic (exact) mass is 483 g/mol. The van der Waals surface area contributed by atoms with Crippen LogP contribution in [-0.4, -0.2) is 54.1 Å². The van der Waals surface area contributed by atoms with Gasteiger partial charge in [-0.05, 0) is 50.8 Å². The number of hydrogen-bond donors (Lipinski definition) is 2. The minimum Gasteiger partial charge on any atom is -0.371 e. The van der Waals surface area contributed by atoms with Gasteiger partial charge in [0.15, 0.2) is 0 Å². The third-order valence-corrected chi connectivity index (χ3v) is 6.28. The van der Waals surface area contributed by atoms with E-state index >= 15 is 0 Å². The molecule has 0 spiro atoms. The zero-order chi connectivity index (χ0) is 24.0. The van der Waals surface area contributed by atoms with Crippen LogP contribution in [0.1, 0.15) is 18.1 Å². The molecule has 1 aromatic heterocycles. The molecule has 2 aliphatic rings. The number of likely N-dealkylation sites (N-methyl/N-ethyl adjacent to an activating group) is 1. The van der Waals surface area contributed by atoms with Gasteiger partial charge in [-0.15, -0.1) is 0 Å². The molecule has 0 bridgehead atoms. The first-order valence-electron chi connectivity index (χ1n) is 10.9. The average Bonchev–Trinajstić information content (AvgIpc) is 3.35. The summed E-state index contributed by atoms with van der Waals surface area (Å²) in [6.07, 6.45) is 3.88. The number of aromatic nitrogens is 2. The zero-order valence-corrected chi connectivity index (χ0v) is 19.4. The highest BCUT2D eigenvalue weighted by Crippen LogP contribution is 2.48. The number of hydrogen-bond acceptors (Lipinski definition) is 6. The fourth-order valence-corrected chi connectivity index (χ4v) is 4.68. The Balaban J connectivity index is 1.59. The van der Waals surface area contributed by atoms with Crippen molar-refractivity contribution >= 4 is 45.6 Å². The van der Waals surface area contributed by atoms with E-state index in [1.54, 1.807) is 11.0 Å². The topological polar surface area (TPSA) is 90.6 Å². The van der Waals surface area contributed by atoms with Crippen molar-refractivity contribution in [3.05, 3.63) is 69.4 Å². The number of H-pyrrole nitrogens is 1. The van der Waals surface area contributed by atoms with Crippen LogP contribution in [0.25, 0.3) is 10.9 Å². The Labute approximate surface area is 200 Å². The third kappa shape index (κ3) is 4.06. The van der Waals surface area contributed by atoms with Crippen LogP contribution >= 0.6 is 11.6 Å². The van der Waals surface area contributed by atoms with Crippen LogP contribution in [0, 0.1) is 5.82 Å². The summed E-state index contributed by atoms with van der Waals surface area (Å²) in [5.74, 6) is -0.396. The maximum Gasteiger partial charge on any atom is 0.347 e. The molecular formula is C24H23ClFN5O3. The number of ether oxygens (including phenoxy) is 1. The summed E-state index contributed by atoms with van der Waals surface area (Å²) >= 11 is 5.91. The fraction of sp³-hybridized carbons (Fsp3) is 0.292. The summed E-state index contributed by atoms with van der Waals surface area (Å²) in [6.45, 7) is 1.21. The van der Waals surface area contributed by atoms with Gasteiger partial charge in [-0.3, -0.25) is 4.79 Å². The Bertz CT molecular complexity index is 1370. The van der Waals surface area contributed by atoms with Gasteiger partial charge in [-0.2, -0.15) is 4.98 Å². The minimum absolute atomic E-state index is 0.0497. The smallest absolute Gasteiger partial charge is 0.347 e. The number of benzene rings is 2. The van der Waals surface area contributed by atoms with Crippen LogP contribution in [0.2, 0.25) is 5.02 Å². The number of carbonyl (C=O) groups is 1. The molecule has 0 aliphatic carbocycles. The van der Waals surface area contributed by atoms with Gasteiger partial charge in [0.1, 0.15) is 17.7 Å². The number of carbonyl (C=O) groups excluding carboxylic acids is 1. The minimum atomic E-state index is -0.545. The summed E-state index contributed by atoms with van der Waals surface area (Å²) in [6, 6.07) is 7.72. The number of nitrogens with one attached hydrogen (secondary N) is 2. The quantitative estimate of drug-likeness (QED) is 0.537. The second-order valence-corrected chi connectivity index (χ2v) is 9.03. The fourth-order valence-electron chi connectivity index (χ4n) is 4.50. The molecule has 2 aromatic carbocycles. The van der Waals surface area contributed by atoms with E-state index < -0.39 is 11.5 Å². The van der Waals surface area contributed by atoms with Crippen molar-refractivity contribution in [1.29, 1.82) is 0 Å². The lowest BCUT2D eigenvalue weighted by atomic mass is 10.0. The van der Waals surface area contributed by atoms with Gasteiger partial charge >= 0.3 is 5.69 Å². The van der Waals surface area contributed by atoms with Crippen LogP contribution in [0.15, 0.2) is 47.3 Å². The van der Waals surface area contributed by atoms with Crippen molar-refractivity contribution in [2.45, 2.75) is 18.6 Å². The molecular weight excluding hydrogens is 461 g/mol. The third-order valence-electron chi connectivity index (χ3n) is 5.99. The largest absolute Gasteiger partial charge is 0.371 e. The lowest BCUT2D eigenvalue weighted by Crippen LogP contribution is -2.36. The first-order chi connectivity index (χ1) is 16.3. The molecule has 10 heteroatoms. The van der Waals surface area contributed by atoms with Crippen molar-refractivity contribution in [1.82, 2.24) is 14.9 Å². The van der Waals surface area contributed by atoms with Gasteiger partial charge in [0.2, 0.25) is 0 Å². The maximum absolute atomic E-state index is 13.6. The number of halogens is 2. The molecule has 3 aromatic rings. The predicted molar refractivity (Wildman–Crippen MR) is 129 cm³/mol. The Morgan fingerprint density at radius 3 is 2.97 bits per heavy atom. The zero-order valence-electron chi connectivity index (χ0n) is 18.6. The number of nitrogens with zero attached hydrogens (tertiary/aromatic N) is 3. The van der Waals surface area contributed by atoms with Crippen molar-refractivity contribution in [3.63, 3.8) is 0 Å². The van der Waals surface area contributed by atoms with Crippen LogP contribution in [-0.2, 0) is 9.53 Å². The Kier molecular flexibility index (Phi) is 5.85. The van der Waals surface area contributed by atoms with Crippen molar-refractivity contribution in [2.24, 2.45) is 0 Å². The SMILES string of the molecule is CN(C)C/C=C/C(=O)N1c2cc3c(Nc4ccc(F)c(Cl)c4)nc(=O)[nH]c3cc2[C@@H]2OCC[C@@H]21. The van der Waals surface area contributed by atoms with E-state index in [0.29, 0.717) is 29.7 Å². The predicted octanol–water partition coefficient (Wildman–Crippen LogP) is 3.75. The van der Waals surface area contributed by atoms with Gasteiger partial charge in [-0.25, -0.2) is 9.18 Å². The standard InChI is InChI=1S/C24H23ClFN5O3/c1-30(2)8-3-4-21(32)31-19-7-9-34-22(19)15-11-18-14(12-20(15)31)23(29-24(33)28-18)27-13-5-6-17(26)16(25)10-13/h3-6,10-12,19,22H,7-9H2,1-2H3,(H2,27,28,29,33)/b4-3+/t19-,22-/m0/s1. The Morgan fingerprint density at radius 1 is 1.38 bits per heavy atom. The maximum atomic E-state index is 13.6. The first kappa shape index (κ1) is 22.5. The van der Waals surface area contributed by atoms with Gasteiger partial charge in [0.05, 0.1) is 22.3 Å². The molecule has 176 valence electrons. The van der Waals surface area contributed by atoms with Crippen molar-refractivity contribution in [3.8, 4) is 0 Å². The number of aromatic amines is 1. The number of anilines is 3. The normalized spacial score (nSPS) is 19.3. The molecule has 2 atom stereocenters. The molecule has 8 nitrogen and oxygen atoms in total. The highest BCUT2D eigenvalue weighted by molar-refractivity contribution is 6.31. The molecule has 2 N–H and O–H groups in total. The summed E-state index contributed by atoms with van der Waals surface area (Å²) in [4.78, 5) is 36.1. The van der Waals surface area contributed by atoms with Crippen LogP contribution in [0.4, 0.5) is 21.6 Å². The second kappa shape index (κ2) is 8.83. The molecule has 5 rings (SSSR count). The molecule has 3 heterocycles. The van der Waals surface area contributed by atoms with E-state index in [1.807, 2.05) is 37.2 Å². The number of fused-ring (bicyclic) bond motifs is 4. The van der Waals surface area contributed by atoms with Crippen LogP contribution in [0.5, 0.6) is 0 Å². The Morgan fingerprint density at radius 2 is 2.21 bits per heavy atom. The highest BCUT2D eigenvalue weighted by atomic mass is 35.5. The van der Waals surface area contributed by atoms with Crippen LogP contribution < -0.4 is 15.9 Å². The summed E-state index contributed by atoms with van der Waals surface area (Å²) in [5.41, 5.74) is 2.06. The van der Waals surface area contributed by atoms with E-state index in [1.165, 1.54) is 18.2 Å². The highest BCUT2D eigenvalue weighted by Gasteiger charge is 2.45. The van der Waals surface area contributed by atoms with E-state index in [4.69, 9.17) is 16.3 Å². The molecule has 34 heavy (non-hydrogen) atoms. The van der Waals surface area contributed by atoms with Gasteiger partial charge in [0.25, 0.3) is 5.91 Å². The molecule has 0 radical (unpaired) electrons. The van der Waals surface area contributed by atoms with Crippen molar-refractivity contribution < 1.29 is 13.9 Å². The van der Waals surface area contributed by atoms with Gasteiger partial charge < -0.3 is 24.8 Å². The molecule has 1 amide bonds. The molecule has 0 saturated carbocycles. The number of rotatable bonds is 5. The molecule has 0 unspecified atom stereocenters. The van der Waals surface area contributed by atoms with Crippen molar-refractivity contribution in [2.75, 3.05) is 37.5 Å². The summed E-state index contributed by atoms with van der Waals surface area (Å²) in [5, 5.41) is 3.61. The van der Waals surface area contributed by atoms with Crippen LogP contribution in [0.3, 0.4) is 0 Å². The summed E-state index contributed by atoms with van der Waals surface area (Å²) in [7, 11) is 3.87. The second-order valence-electron chi connectivity index (χ2n) is 8.62. The first-order valence-corrected chi connectivity index (χ1v) is 11.3. The van der Waals surface area contributed by atoms with E-state index in [-0.39, 0.29) is 28.9 Å². The summed E-state index contributed by atoms with van der Waals surface area (Å²) < 4.78 is 19.5. The van der Waals surface area contributed by atoms with Gasteiger partial charge in [-0.1, -0.05) is 17.7 Å². The molecule has 1 fully saturated rings. The average molecular weight is 484 g/mol. The van der Waals surface area contributed by atoms with E-state index in [0.717, 1.165) is 17.7 Å². The molecule has 1 saturated heterocycles. The Hall–Kier alpha value is -3.27.